The highest BCUT2D eigenvalue weighted by molar-refractivity contribution is 5.74. The van der Waals surface area contributed by atoms with Crippen LogP contribution in [0.1, 0.15) is 17.5 Å². The molecule has 0 spiro atoms. The molecule has 0 saturated carbocycles. The van der Waals surface area contributed by atoms with Gasteiger partial charge in [-0.3, -0.25) is 9.59 Å². The van der Waals surface area contributed by atoms with E-state index >= 15 is 0 Å². The maximum atomic E-state index is 12.0. The lowest BCUT2D eigenvalue weighted by Gasteiger charge is -2.23. The number of aromatic hydroxyl groups is 1. The fourth-order valence-corrected chi connectivity index (χ4v) is 3.13. The Bertz CT molecular complexity index is 1000. The van der Waals surface area contributed by atoms with Gasteiger partial charge in [0.25, 0.3) is 10.9 Å². The summed E-state index contributed by atoms with van der Waals surface area (Å²) in [6.07, 6.45) is 10.5. The van der Waals surface area contributed by atoms with E-state index in [1.54, 1.807) is 12.1 Å². The molecule has 3 N–H and O–H groups in total. The van der Waals surface area contributed by atoms with Crippen molar-refractivity contribution in [2.75, 3.05) is 44.4 Å². The Hall–Kier alpha value is -3.56. The second kappa shape index (κ2) is 14.4. The van der Waals surface area contributed by atoms with Gasteiger partial charge >= 0.3 is 0 Å². The molecule has 170 valence electrons. The van der Waals surface area contributed by atoms with Gasteiger partial charge in [0.05, 0.1) is 0 Å². The topological polar surface area (TPSA) is 81.7 Å². The molecule has 0 bridgehead atoms. The predicted molar refractivity (Wildman–Crippen MR) is 135 cm³/mol. The van der Waals surface area contributed by atoms with E-state index in [1.165, 1.54) is 5.56 Å². The molecule has 32 heavy (non-hydrogen) atoms. The molecule has 0 aromatic heterocycles. The number of rotatable bonds is 9. The predicted octanol–water partition coefficient (Wildman–Crippen LogP) is 2.80. The van der Waals surface area contributed by atoms with Crippen LogP contribution in [0.15, 0.2) is 64.2 Å². The summed E-state index contributed by atoms with van der Waals surface area (Å²) in [6.45, 7) is 1.29. The van der Waals surface area contributed by atoms with Crippen molar-refractivity contribution in [1.82, 2.24) is 5.32 Å². The van der Waals surface area contributed by atoms with Crippen LogP contribution in [-0.2, 0) is 12.8 Å². The molecule has 6 heteroatoms. The fourth-order valence-electron chi connectivity index (χ4n) is 3.13. The van der Waals surface area contributed by atoms with Crippen molar-refractivity contribution in [3.05, 3.63) is 86.2 Å². The van der Waals surface area contributed by atoms with Crippen molar-refractivity contribution in [1.29, 1.82) is 0 Å². The Balaban J connectivity index is 0.000000944. The third-order valence-electron chi connectivity index (χ3n) is 4.73. The largest absolute Gasteiger partial charge is 0.508 e. The summed E-state index contributed by atoms with van der Waals surface area (Å²) in [5.41, 5.74) is 2.40. The molecule has 0 atom stereocenters. The Morgan fingerprint density at radius 3 is 2.03 bits per heavy atom. The van der Waals surface area contributed by atoms with Gasteiger partial charge in [-0.1, -0.05) is 42.5 Å². The van der Waals surface area contributed by atoms with Gasteiger partial charge < -0.3 is 20.6 Å². The molecule has 3 aromatic rings. The number of likely N-dealkylation sites (N-methyl/N-ethyl adjacent to an activating group) is 1. The minimum absolute atomic E-state index is 0.254. The van der Waals surface area contributed by atoms with Gasteiger partial charge in [-0.15, -0.1) is 12.8 Å². The summed E-state index contributed by atoms with van der Waals surface area (Å²) in [5, 5.41) is 15.2. The number of terminal acetylenes is 1. The summed E-state index contributed by atoms with van der Waals surface area (Å²) in [6, 6.07) is 17.2. The second-order valence-corrected chi connectivity index (χ2v) is 7.24. The quantitative estimate of drug-likeness (QED) is 0.272. The number of phenols is 1. The maximum Gasteiger partial charge on any atom is 0.253 e. The van der Waals surface area contributed by atoms with Gasteiger partial charge in [0.2, 0.25) is 0 Å². The van der Waals surface area contributed by atoms with Gasteiger partial charge in [0.1, 0.15) is 17.1 Å². The van der Waals surface area contributed by atoms with E-state index in [-0.39, 0.29) is 5.75 Å². The van der Waals surface area contributed by atoms with Crippen molar-refractivity contribution in [2.45, 2.75) is 19.3 Å². The summed E-state index contributed by atoms with van der Waals surface area (Å²) in [4.78, 5) is 25.8. The highest BCUT2D eigenvalue weighted by atomic mass is 16.3. The number of phenolic OH excluding ortho intramolecular Hbond substituents is 1. The van der Waals surface area contributed by atoms with Crippen LogP contribution in [0.25, 0.3) is 0 Å². The molecule has 0 saturated heterocycles. The molecule has 6 nitrogen and oxygen atoms in total. The van der Waals surface area contributed by atoms with Crippen LogP contribution in [0.3, 0.4) is 0 Å². The van der Waals surface area contributed by atoms with E-state index in [0.717, 1.165) is 24.8 Å². The van der Waals surface area contributed by atoms with Crippen molar-refractivity contribution < 1.29 is 5.11 Å². The first kappa shape index (κ1) is 26.5. The zero-order chi connectivity index (χ0) is 23.9. The molecule has 0 aliphatic heterocycles. The van der Waals surface area contributed by atoms with E-state index in [0.29, 0.717) is 24.5 Å². The Kier molecular flexibility index (Phi) is 12.0. The summed E-state index contributed by atoms with van der Waals surface area (Å²) in [5.74, 6) is 0.254. The third kappa shape index (κ3) is 7.93. The first-order valence-corrected chi connectivity index (χ1v) is 10.5. The lowest BCUT2D eigenvalue weighted by molar-refractivity contribution is 0.475. The monoisotopic (exact) mass is 435 g/mol. The maximum absolute atomic E-state index is 12.0. The number of hydrogen-bond acceptors (Lipinski definition) is 6. The van der Waals surface area contributed by atoms with Crippen LogP contribution in [0.4, 0.5) is 11.4 Å². The van der Waals surface area contributed by atoms with Crippen LogP contribution in [0.5, 0.6) is 5.75 Å². The zero-order valence-electron chi connectivity index (χ0n) is 19.1. The summed E-state index contributed by atoms with van der Waals surface area (Å²) in [7, 11) is 5.60. The minimum Gasteiger partial charge on any atom is -0.508 e. The lowest BCUT2D eigenvalue weighted by atomic mass is 10.1. The molecule has 0 unspecified atom stereocenters. The van der Waals surface area contributed by atoms with Crippen molar-refractivity contribution >= 4 is 11.4 Å². The van der Waals surface area contributed by atoms with Gasteiger partial charge in [0, 0.05) is 20.1 Å². The van der Waals surface area contributed by atoms with Gasteiger partial charge in [-0.25, -0.2) is 0 Å². The smallest absolute Gasteiger partial charge is 0.253 e. The number of aryl methyl sites for hydroxylation is 1. The molecule has 3 aromatic carbocycles. The standard InChI is InChI=1S/C22H24N2O3.C2H7N.C2H2/c1-24(15-13-16-6-3-2-4-7-16)20-19(21(26)22(20)27)23-14-5-8-17-9-11-18(25)12-10-17;1-3-2;1-2/h2-4,6-7,9-12,23,25H,5,8,13-15H2,1H3;3H,1-2H3;1-2H. The molecule has 3 rings (SSSR count). The van der Waals surface area contributed by atoms with Crippen LogP contribution < -0.4 is 26.4 Å². The minimum atomic E-state index is -0.429. The van der Waals surface area contributed by atoms with E-state index in [2.05, 4.69) is 35.6 Å². The number of benzene rings is 2. The number of nitrogens with zero attached hydrogens (tertiary/aromatic N) is 1. The van der Waals surface area contributed by atoms with E-state index in [1.807, 2.05) is 56.4 Å². The summed E-state index contributed by atoms with van der Waals surface area (Å²) < 4.78 is 0. The SMILES string of the molecule is C#C.CN(CCc1ccccc1)c1c(NCCCc2ccc(O)cc2)c(=O)c1=O.CNC. The van der Waals surface area contributed by atoms with Gasteiger partial charge in [-0.2, -0.15) is 0 Å². The molecular formula is C26H33N3O3. The van der Waals surface area contributed by atoms with Gasteiger partial charge in [-0.05, 0) is 56.6 Å². The highest BCUT2D eigenvalue weighted by Gasteiger charge is 2.23. The fraction of sp³-hybridized carbons (Fsp3) is 0.308. The number of nitrogens with one attached hydrogen (secondary N) is 2. The Morgan fingerprint density at radius 1 is 0.875 bits per heavy atom. The molecule has 0 heterocycles. The molecule has 0 aliphatic carbocycles. The zero-order valence-corrected chi connectivity index (χ0v) is 19.1. The van der Waals surface area contributed by atoms with E-state index in [4.69, 9.17) is 0 Å². The van der Waals surface area contributed by atoms with E-state index in [9.17, 15) is 14.7 Å². The molecule has 0 aliphatic rings. The first-order valence-electron chi connectivity index (χ1n) is 10.5. The summed E-state index contributed by atoms with van der Waals surface area (Å²) >= 11 is 0. The first-order chi connectivity index (χ1) is 15.5. The average molecular weight is 436 g/mol. The van der Waals surface area contributed by atoms with Gasteiger partial charge in [0.15, 0.2) is 0 Å². The Morgan fingerprint density at radius 2 is 1.44 bits per heavy atom. The average Bonchev–Trinajstić information content (AvgIpc) is 2.82. The molecule has 0 radical (unpaired) electrons. The molecular weight excluding hydrogens is 402 g/mol. The molecule has 0 fully saturated rings. The van der Waals surface area contributed by atoms with Crippen molar-refractivity contribution in [3.8, 4) is 18.6 Å². The number of anilines is 2. The van der Waals surface area contributed by atoms with E-state index < -0.39 is 10.9 Å². The van der Waals surface area contributed by atoms with Crippen LogP contribution >= 0.6 is 0 Å². The highest BCUT2D eigenvalue weighted by Crippen LogP contribution is 2.19. The normalized spacial score (nSPS) is 9.78. The van der Waals surface area contributed by atoms with Crippen LogP contribution in [0, 0.1) is 12.8 Å². The van der Waals surface area contributed by atoms with Crippen LogP contribution in [0.2, 0.25) is 0 Å². The van der Waals surface area contributed by atoms with Crippen molar-refractivity contribution in [2.24, 2.45) is 0 Å². The lowest BCUT2D eigenvalue weighted by Crippen LogP contribution is -2.42. The van der Waals surface area contributed by atoms with Crippen molar-refractivity contribution in [3.63, 3.8) is 0 Å². The molecule has 0 amide bonds. The Labute approximate surface area is 190 Å². The van der Waals surface area contributed by atoms with Crippen LogP contribution in [-0.4, -0.2) is 39.3 Å². The number of hydrogen-bond donors (Lipinski definition) is 3. The third-order valence-corrected chi connectivity index (χ3v) is 4.73. The second-order valence-electron chi connectivity index (χ2n) is 7.24.